The standard InChI is InChI=1S/C19H15IN2O/c20-18-12-14(6-11-19(18)23)13-21-15-7-9-17(10-8-15)22-16-4-2-1-3-5-16/h1-13,22-23H. The van der Waals surface area contributed by atoms with E-state index in [0.29, 0.717) is 5.75 Å². The number of phenols is 1. The lowest BCUT2D eigenvalue weighted by molar-refractivity contribution is 0.471. The summed E-state index contributed by atoms with van der Waals surface area (Å²) in [5, 5.41) is 12.9. The molecule has 3 rings (SSSR count). The Balaban J connectivity index is 1.69. The number of anilines is 2. The molecule has 3 aromatic carbocycles. The summed E-state index contributed by atoms with van der Waals surface area (Å²) < 4.78 is 0.814. The summed E-state index contributed by atoms with van der Waals surface area (Å²) in [6.45, 7) is 0. The molecule has 0 heterocycles. The van der Waals surface area contributed by atoms with E-state index in [2.05, 4.69) is 32.9 Å². The minimum absolute atomic E-state index is 0.291. The maximum absolute atomic E-state index is 9.52. The van der Waals surface area contributed by atoms with Crippen molar-refractivity contribution in [3.8, 4) is 5.75 Å². The van der Waals surface area contributed by atoms with Crippen LogP contribution < -0.4 is 5.32 Å². The van der Waals surface area contributed by atoms with Gasteiger partial charge in [0, 0.05) is 17.6 Å². The first-order valence-electron chi connectivity index (χ1n) is 7.15. The Hall–Kier alpha value is -2.34. The first-order chi connectivity index (χ1) is 11.2. The second-order valence-electron chi connectivity index (χ2n) is 5.01. The summed E-state index contributed by atoms with van der Waals surface area (Å²) in [4.78, 5) is 4.46. The fourth-order valence-electron chi connectivity index (χ4n) is 2.07. The van der Waals surface area contributed by atoms with Gasteiger partial charge in [0.15, 0.2) is 0 Å². The zero-order chi connectivity index (χ0) is 16.1. The van der Waals surface area contributed by atoms with Crippen LogP contribution in [0.3, 0.4) is 0 Å². The van der Waals surface area contributed by atoms with Gasteiger partial charge in [-0.25, -0.2) is 0 Å². The van der Waals surface area contributed by atoms with E-state index in [1.807, 2.05) is 66.7 Å². The van der Waals surface area contributed by atoms with E-state index < -0.39 is 0 Å². The van der Waals surface area contributed by atoms with Crippen LogP contribution in [0.1, 0.15) is 5.56 Å². The van der Waals surface area contributed by atoms with Crippen molar-refractivity contribution in [2.24, 2.45) is 4.99 Å². The van der Waals surface area contributed by atoms with Gasteiger partial charge in [-0.15, -0.1) is 0 Å². The number of nitrogens with one attached hydrogen (secondary N) is 1. The molecule has 0 aromatic heterocycles. The first-order valence-corrected chi connectivity index (χ1v) is 8.23. The number of benzene rings is 3. The van der Waals surface area contributed by atoms with Crippen molar-refractivity contribution in [3.63, 3.8) is 0 Å². The minimum atomic E-state index is 0.291. The Bertz CT molecular complexity index is 815. The molecular formula is C19H15IN2O. The van der Waals surface area contributed by atoms with Crippen LogP contribution in [0.15, 0.2) is 77.8 Å². The topological polar surface area (TPSA) is 44.6 Å². The van der Waals surface area contributed by atoms with Gasteiger partial charge in [0.1, 0.15) is 5.75 Å². The lowest BCUT2D eigenvalue weighted by atomic mass is 10.2. The molecule has 0 aliphatic carbocycles. The van der Waals surface area contributed by atoms with Crippen molar-refractivity contribution in [2.45, 2.75) is 0 Å². The number of rotatable bonds is 4. The smallest absolute Gasteiger partial charge is 0.128 e. The minimum Gasteiger partial charge on any atom is -0.507 e. The van der Waals surface area contributed by atoms with Crippen molar-refractivity contribution < 1.29 is 5.11 Å². The molecule has 0 radical (unpaired) electrons. The summed E-state index contributed by atoms with van der Waals surface area (Å²) >= 11 is 2.10. The fraction of sp³-hybridized carbons (Fsp3) is 0. The molecule has 3 nitrogen and oxygen atoms in total. The quantitative estimate of drug-likeness (QED) is 0.438. The van der Waals surface area contributed by atoms with E-state index in [0.717, 1.165) is 26.2 Å². The van der Waals surface area contributed by atoms with Crippen LogP contribution in [-0.2, 0) is 0 Å². The molecule has 0 amide bonds. The van der Waals surface area contributed by atoms with Crippen molar-refractivity contribution >= 4 is 45.9 Å². The van der Waals surface area contributed by atoms with Crippen LogP contribution in [0.2, 0.25) is 0 Å². The molecule has 0 spiro atoms. The van der Waals surface area contributed by atoms with Crippen molar-refractivity contribution in [1.29, 1.82) is 0 Å². The molecule has 0 fully saturated rings. The predicted octanol–water partition coefficient (Wildman–Crippen LogP) is 5.49. The number of para-hydroxylation sites is 1. The van der Waals surface area contributed by atoms with E-state index in [-0.39, 0.29) is 0 Å². The fourth-order valence-corrected chi connectivity index (χ4v) is 2.61. The Labute approximate surface area is 148 Å². The summed E-state index contributed by atoms with van der Waals surface area (Å²) in [6.07, 6.45) is 1.79. The summed E-state index contributed by atoms with van der Waals surface area (Å²) in [7, 11) is 0. The molecule has 0 atom stereocenters. The van der Waals surface area contributed by atoms with E-state index in [4.69, 9.17) is 0 Å². The van der Waals surface area contributed by atoms with Gasteiger partial charge in [-0.05, 0) is 82.8 Å². The predicted molar refractivity (Wildman–Crippen MR) is 104 cm³/mol. The molecule has 0 bridgehead atoms. The molecule has 114 valence electrons. The Morgan fingerprint density at radius 3 is 2.26 bits per heavy atom. The third-order valence-corrected chi connectivity index (χ3v) is 4.13. The molecule has 23 heavy (non-hydrogen) atoms. The van der Waals surface area contributed by atoms with Crippen LogP contribution in [0.4, 0.5) is 17.1 Å². The van der Waals surface area contributed by atoms with Gasteiger partial charge in [-0.3, -0.25) is 4.99 Å². The Morgan fingerprint density at radius 1 is 0.870 bits per heavy atom. The number of nitrogens with zero attached hydrogens (tertiary/aromatic N) is 1. The zero-order valence-corrected chi connectivity index (χ0v) is 14.4. The maximum atomic E-state index is 9.52. The van der Waals surface area contributed by atoms with E-state index >= 15 is 0 Å². The molecule has 0 aliphatic heterocycles. The highest BCUT2D eigenvalue weighted by atomic mass is 127. The van der Waals surface area contributed by atoms with Crippen molar-refractivity contribution in [2.75, 3.05) is 5.32 Å². The summed E-state index contributed by atoms with van der Waals surface area (Å²) in [5.74, 6) is 0.291. The number of aromatic hydroxyl groups is 1. The SMILES string of the molecule is Oc1ccc(C=Nc2ccc(Nc3ccccc3)cc2)cc1I. The Morgan fingerprint density at radius 2 is 1.57 bits per heavy atom. The first kappa shape index (κ1) is 15.6. The monoisotopic (exact) mass is 414 g/mol. The van der Waals surface area contributed by atoms with Crippen LogP contribution in [-0.4, -0.2) is 11.3 Å². The van der Waals surface area contributed by atoms with Crippen molar-refractivity contribution in [1.82, 2.24) is 0 Å². The third kappa shape index (κ3) is 4.32. The summed E-state index contributed by atoms with van der Waals surface area (Å²) in [5.41, 5.74) is 3.92. The average Bonchev–Trinajstić information content (AvgIpc) is 2.58. The molecule has 0 unspecified atom stereocenters. The number of hydrogen-bond acceptors (Lipinski definition) is 3. The molecule has 0 aliphatic rings. The Kier molecular flexibility index (Phi) is 4.92. The highest BCUT2D eigenvalue weighted by Gasteiger charge is 1.98. The van der Waals surface area contributed by atoms with Crippen LogP contribution in [0, 0.1) is 3.57 Å². The molecule has 4 heteroatoms. The van der Waals surface area contributed by atoms with Crippen LogP contribution in [0.25, 0.3) is 0 Å². The third-order valence-electron chi connectivity index (χ3n) is 3.26. The molecule has 0 saturated carbocycles. The molecular weight excluding hydrogens is 399 g/mol. The number of hydrogen-bond donors (Lipinski definition) is 2. The largest absolute Gasteiger partial charge is 0.507 e. The highest BCUT2D eigenvalue weighted by molar-refractivity contribution is 14.1. The highest BCUT2D eigenvalue weighted by Crippen LogP contribution is 2.22. The van der Waals surface area contributed by atoms with Gasteiger partial charge in [-0.1, -0.05) is 18.2 Å². The lowest BCUT2D eigenvalue weighted by Gasteiger charge is -2.06. The average molecular weight is 414 g/mol. The van der Waals surface area contributed by atoms with Gasteiger partial charge >= 0.3 is 0 Å². The molecule has 3 aromatic rings. The maximum Gasteiger partial charge on any atom is 0.128 e. The van der Waals surface area contributed by atoms with Crippen molar-refractivity contribution in [3.05, 3.63) is 81.9 Å². The van der Waals surface area contributed by atoms with Gasteiger partial charge in [0.05, 0.1) is 9.26 Å². The number of phenolic OH excluding ortho intramolecular Hbond substituents is 1. The number of halogens is 1. The van der Waals surface area contributed by atoms with E-state index in [1.54, 1.807) is 12.3 Å². The van der Waals surface area contributed by atoms with Gasteiger partial charge in [-0.2, -0.15) is 0 Å². The lowest BCUT2D eigenvalue weighted by Crippen LogP contribution is -1.88. The van der Waals surface area contributed by atoms with Gasteiger partial charge in [0.25, 0.3) is 0 Å². The van der Waals surface area contributed by atoms with E-state index in [1.165, 1.54) is 0 Å². The van der Waals surface area contributed by atoms with Crippen LogP contribution in [0.5, 0.6) is 5.75 Å². The zero-order valence-electron chi connectivity index (χ0n) is 12.3. The number of aliphatic imine (C=N–C) groups is 1. The second kappa shape index (κ2) is 7.28. The molecule has 2 N–H and O–H groups in total. The second-order valence-corrected chi connectivity index (χ2v) is 6.17. The van der Waals surface area contributed by atoms with Gasteiger partial charge in [0.2, 0.25) is 0 Å². The summed E-state index contributed by atoms with van der Waals surface area (Å²) in [6, 6.07) is 23.4. The van der Waals surface area contributed by atoms with E-state index in [9.17, 15) is 5.11 Å². The normalized spacial score (nSPS) is 10.8. The van der Waals surface area contributed by atoms with Gasteiger partial charge < -0.3 is 10.4 Å². The molecule has 0 saturated heterocycles. The van der Waals surface area contributed by atoms with Crippen LogP contribution >= 0.6 is 22.6 Å².